The summed E-state index contributed by atoms with van der Waals surface area (Å²) in [4.78, 5) is 30.3. The normalized spacial score (nSPS) is 15.6. The molecule has 1 unspecified atom stereocenters. The Morgan fingerprint density at radius 3 is 2.41 bits per heavy atom. The molecule has 0 aromatic heterocycles. The van der Waals surface area contributed by atoms with Crippen molar-refractivity contribution in [1.29, 1.82) is 0 Å². The van der Waals surface area contributed by atoms with E-state index in [4.69, 9.17) is 0 Å². The fraction of sp³-hybridized carbons (Fsp3) is 0.385. The molecule has 1 aliphatic heterocycles. The van der Waals surface area contributed by atoms with E-state index in [9.17, 15) is 9.59 Å². The van der Waals surface area contributed by atoms with Crippen LogP contribution in [0.5, 0.6) is 0 Å². The highest BCUT2D eigenvalue weighted by atomic mass is 32.2. The number of nitrogens with one attached hydrogen (secondary N) is 1. The minimum Gasteiger partial charge on any atom is -0.340 e. The number of amides is 2. The summed E-state index contributed by atoms with van der Waals surface area (Å²) >= 11 is 1.69. The molecule has 2 aromatic carbocycles. The number of rotatable bonds is 9. The lowest BCUT2D eigenvalue weighted by Gasteiger charge is -2.36. The van der Waals surface area contributed by atoms with Gasteiger partial charge in [-0.05, 0) is 42.5 Å². The summed E-state index contributed by atoms with van der Waals surface area (Å²) in [5.74, 6) is 0.682. The summed E-state index contributed by atoms with van der Waals surface area (Å²) in [6.45, 7) is 5.84. The molecular formula is C26H33N3O2S. The Balaban J connectivity index is 1.53. The van der Waals surface area contributed by atoms with Gasteiger partial charge in [-0.2, -0.15) is 11.8 Å². The Morgan fingerprint density at radius 1 is 1.03 bits per heavy atom. The molecule has 1 heterocycles. The van der Waals surface area contributed by atoms with Gasteiger partial charge in [0, 0.05) is 38.3 Å². The van der Waals surface area contributed by atoms with Crippen LogP contribution >= 0.6 is 11.8 Å². The molecule has 170 valence electrons. The Labute approximate surface area is 195 Å². The third-order valence-electron chi connectivity index (χ3n) is 5.76. The molecule has 32 heavy (non-hydrogen) atoms. The lowest BCUT2D eigenvalue weighted by molar-refractivity contribution is -0.135. The number of benzene rings is 2. The molecule has 0 aliphatic carbocycles. The van der Waals surface area contributed by atoms with Gasteiger partial charge in [-0.25, -0.2) is 0 Å². The van der Waals surface area contributed by atoms with E-state index in [0.717, 1.165) is 31.0 Å². The Hall–Kier alpha value is -2.57. The van der Waals surface area contributed by atoms with E-state index >= 15 is 0 Å². The molecule has 2 aromatic rings. The average molecular weight is 452 g/mol. The van der Waals surface area contributed by atoms with Crippen LogP contribution in [0.15, 0.2) is 60.7 Å². The summed E-state index contributed by atoms with van der Waals surface area (Å²) in [6.07, 6.45) is 6.97. The maximum absolute atomic E-state index is 13.2. The first-order valence-corrected chi connectivity index (χ1v) is 12.6. The highest BCUT2D eigenvalue weighted by molar-refractivity contribution is 7.98. The predicted octanol–water partition coefficient (Wildman–Crippen LogP) is 3.70. The molecule has 0 radical (unpaired) electrons. The average Bonchev–Trinajstić information content (AvgIpc) is 2.82. The smallest absolute Gasteiger partial charge is 0.252 e. The van der Waals surface area contributed by atoms with Crippen LogP contribution < -0.4 is 5.32 Å². The number of nitrogens with zero attached hydrogens (tertiary/aromatic N) is 2. The molecule has 1 fully saturated rings. The number of hydrogen-bond acceptors (Lipinski definition) is 4. The monoisotopic (exact) mass is 451 g/mol. The summed E-state index contributed by atoms with van der Waals surface area (Å²) < 4.78 is 0. The summed E-state index contributed by atoms with van der Waals surface area (Å²) in [7, 11) is 0. The van der Waals surface area contributed by atoms with Crippen LogP contribution in [0.25, 0.3) is 6.08 Å². The Morgan fingerprint density at radius 2 is 1.72 bits per heavy atom. The third kappa shape index (κ3) is 6.97. The van der Waals surface area contributed by atoms with Crippen molar-refractivity contribution in [2.45, 2.75) is 19.4 Å². The highest BCUT2D eigenvalue weighted by Crippen LogP contribution is 2.12. The van der Waals surface area contributed by atoms with Crippen molar-refractivity contribution < 1.29 is 9.59 Å². The first-order chi connectivity index (χ1) is 15.6. The fourth-order valence-corrected chi connectivity index (χ4v) is 4.30. The predicted molar refractivity (Wildman–Crippen MR) is 134 cm³/mol. The quantitative estimate of drug-likeness (QED) is 0.632. The van der Waals surface area contributed by atoms with Gasteiger partial charge in [-0.1, -0.05) is 60.7 Å². The van der Waals surface area contributed by atoms with Crippen molar-refractivity contribution in [1.82, 2.24) is 15.1 Å². The van der Waals surface area contributed by atoms with Crippen LogP contribution in [0, 0.1) is 6.92 Å². The topological polar surface area (TPSA) is 52.7 Å². The molecule has 6 heteroatoms. The molecular weight excluding hydrogens is 418 g/mol. The molecule has 2 amide bonds. The zero-order chi connectivity index (χ0) is 22.8. The van der Waals surface area contributed by atoms with Crippen molar-refractivity contribution in [3.8, 4) is 0 Å². The number of hydrogen-bond donors (Lipinski definition) is 1. The van der Waals surface area contributed by atoms with Crippen LogP contribution in [-0.4, -0.2) is 72.4 Å². The van der Waals surface area contributed by atoms with E-state index in [0.29, 0.717) is 25.1 Å². The molecule has 1 aliphatic rings. The number of thioether (sulfide) groups is 1. The van der Waals surface area contributed by atoms with Crippen LogP contribution in [0.2, 0.25) is 0 Å². The van der Waals surface area contributed by atoms with Crippen molar-refractivity contribution in [2.75, 3.05) is 44.7 Å². The van der Waals surface area contributed by atoms with Gasteiger partial charge in [0.05, 0.1) is 0 Å². The van der Waals surface area contributed by atoms with Gasteiger partial charge < -0.3 is 10.2 Å². The van der Waals surface area contributed by atoms with E-state index < -0.39 is 6.04 Å². The molecule has 3 rings (SSSR count). The number of piperazine rings is 1. The van der Waals surface area contributed by atoms with Gasteiger partial charge in [0.15, 0.2) is 0 Å². The zero-order valence-corrected chi connectivity index (χ0v) is 19.8. The van der Waals surface area contributed by atoms with E-state index in [2.05, 4.69) is 34.5 Å². The van der Waals surface area contributed by atoms with Crippen LogP contribution in [0.1, 0.15) is 27.9 Å². The van der Waals surface area contributed by atoms with E-state index in [1.807, 2.05) is 60.5 Å². The van der Waals surface area contributed by atoms with Gasteiger partial charge in [-0.15, -0.1) is 0 Å². The van der Waals surface area contributed by atoms with Crippen LogP contribution in [0.4, 0.5) is 0 Å². The second kappa shape index (κ2) is 12.5. The Bertz CT molecular complexity index is 908. The van der Waals surface area contributed by atoms with Crippen molar-refractivity contribution in [3.63, 3.8) is 0 Å². The maximum atomic E-state index is 13.2. The minimum absolute atomic E-state index is 0.0282. The van der Waals surface area contributed by atoms with Crippen LogP contribution in [0.3, 0.4) is 0 Å². The zero-order valence-electron chi connectivity index (χ0n) is 19.0. The number of carbonyl (C=O) groups is 2. The molecule has 5 nitrogen and oxygen atoms in total. The largest absolute Gasteiger partial charge is 0.340 e. The van der Waals surface area contributed by atoms with Gasteiger partial charge in [0.1, 0.15) is 6.04 Å². The van der Waals surface area contributed by atoms with Crippen molar-refractivity contribution in [2.24, 2.45) is 0 Å². The molecule has 0 bridgehead atoms. The first kappa shape index (κ1) is 24.1. The van der Waals surface area contributed by atoms with Gasteiger partial charge in [-0.3, -0.25) is 14.5 Å². The van der Waals surface area contributed by atoms with E-state index in [-0.39, 0.29) is 11.8 Å². The fourth-order valence-electron chi connectivity index (χ4n) is 3.83. The van der Waals surface area contributed by atoms with Gasteiger partial charge >= 0.3 is 0 Å². The lowest BCUT2D eigenvalue weighted by Crippen LogP contribution is -2.55. The maximum Gasteiger partial charge on any atom is 0.252 e. The SMILES string of the molecule is CSCCC(NC(=O)c1ccccc1C)C(=O)N1CCN(CC=Cc2ccccc2)CC1. The first-order valence-electron chi connectivity index (χ1n) is 11.2. The highest BCUT2D eigenvalue weighted by Gasteiger charge is 2.28. The van der Waals surface area contributed by atoms with Gasteiger partial charge in [0.2, 0.25) is 5.91 Å². The molecule has 1 saturated heterocycles. The lowest BCUT2D eigenvalue weighted by atomic mass is 10.1. The van der Waals surface area contributed by atoms with E-state index in [1.165, 1.54) is 5.56 Å². The summed E-state index contributed by atoms with van der Waals surface area (Å²) in [6, 6.07) is 17.3. The van der Waals surface area contributed by atoms with E-state index in [1.54, 1.807) is 11.8 Å². The molecule has 1 N–H and O–H groups in total. The standard InChI is InChI=1S/C26H33N3O2S/c1-21-9-6-7-13-23(21)25(30)27-24(14-20-32-2)26(31)29-18-16-28(17-19-29)15-8-12-22-10-4-3-5-11-22/h3-13,24H,14-20H2,1-2H3,(H,27,30). The number of carbonyl (C=O) groups excluding carboxylic acids is 2. The Kier molecular flexibility index (Phi) is 9.38. The van der Waals surface area contributed by atoms with Crippen molar-refractivity contribution >= 4 is 29.7 Å². The minimum atomic E-state index is -0.487. The van der Waals surface area contributed by atoms with Crippen LogP contribution in [-0.2, 0) is 4.79 Å². The van der Waals surface area contributed by atoms with Crippen molar-refractivity contribution in [3.05, 3.63) is 77.4 Å². The molecule has 0 saturated carbocycles. The summed E-state index contributed by atoms with van der Waals surface area (Å²) in [5, 5.41) is 3.00. The molecule has 1 atom stereocenters. The second-order valence-corrected chi connectivity index (χ2v) is 9.05. The summed E-state index contributed by atoms with van der Waals surface area (Å²) in [5.41, 5.74) is 2.74. The van der Waals surface area contributed by atoms with Gasteiger partial charge in [0.25, 0.3) is 5.91 Å². The third-order valence-corrected chi connectivity index (χ3v) is 6.41. The molecule has 0 spiro atoms. The second-order valence-electron chi connectivity index (χ2n) is 8.06. The number of aryl methyl sites for hydroxylation is 1.